The first kappa shape index (κ1) is 14.4. The molecule has 5 heteroatoms. The normalized spacial score (nSPS) is 13.2. The van der Waals surface area contributed by atoms with E-state index in [0.29, 0.717) is 22.4 Å². The molecule has 2 nitrogen and oxygen atoms in total. The summed E-state index contributed by atoms with van der Waals surface area (Å²) in [6, 6.07) is 9.89. The average Bonchev–Trinajstić information content (AvgIpc) is 2.37. The van der Waals surface area contributed by atoms with Crippen LogP contribution in [0.2, 0.25) is 0 Å². The molecule has 0 aliphatic rings. The van der Waals surface area contributed by atoms with Gasteiger partial charge in [-0.2, -0.15) is 13.2 Å². The molecule has 0 heterocycles. The molecule has 2 rings (SSSR count). The fraction of sp³-hybridized carbons (Fsp3) is 0.200. The lowest BCUT2D eigenvalue weighted by Crippen LogP contribution is -2.08. The van der Waals surface area contributed by atoms with Crippen molar-refractivity contribution in [3.8, 4) is 0 Å². The van der Waals surface area contributed by atoms with Crippen LogP contribution in [0.1, 0.15) is 28.4 Å². The molecule has 106 valence electrons. The fourth-order valence-electron chi connectivity index (χ4n) is 2.02. The van der Waals surface area contributed by atoms with Crippen molar-refractivity contribution in [2.24, 2.45) is 0 Å². The lowest BCUT2D eigenvalue weighted by Gasteiger charge is -2.16. The van der Waals surface area contributed by atoms with Crippen LogP contribution in [0.15, 0.2) is 42.5 Å². The molecule has 0 amide bonds. The Balaban J connectivity index is 2.36. The van der Waals surface area contributed by atoms with Gasteiger partial charge in [0, 0.05) is 5.69 Å². The predicted molar refractivity (Wildman–Crippen MR) is 71.1 cm³/mol. The van der Waals surface area contributed by atoms with Gasteiger partial charge in [0.2, 0.25) is 0 Å². The van der Waals surface area contributed by atoms with Crippen LogP contribution in [0.25, 0.3) is 0 Å². The highest BCUT2D eigenvalue weighted by Crippen LogP contribution is 2.33. The molecule has 0 saturated heterocycles. The van der Waals surface area contributed by atoms with Crippen molar-refractivity contribution in [2.45, 2.75) is 19.2 Å². The van der Waals surface area contributed by atoms with Crippen LogP contribution in [0.4, 0.5) is 18.9 Å². The van der Waals surface area contributed by atoms with Gasteiger partial charge in [-0.05, 0) is 47.9 Å². The molecule has 1 atom stereocenters. The van der Waals surface area contributed by atoms with E-state index in [-0.39, 0.29) is 0 Å². The van der Waals surface area contributed by atoms with Crippen molar-refractivity contribution in [3.63, 3.8) is 0 Å². The lowest BCUT2D eigenvalue weighted by molar-refractivity contribution is -0.137. The maximum atomic E-state index is 12.6. The Hall–Kier alpha value is -2.01. The van der Waals surface area contributed by atoms with Gasteiger partial charge in [0.1, 0.15) is 6.10 Å². The number of aliphatic hydroxyl groups excluding tert-OH is 1. The van der Waals surface area contributed by atoms with E-state index in [4.69, 9.17) is 5.73 Å². The number of hydrogen-bond acceptors (Lipinski definition) is 2. The van der Waals surface area contributed by atoms with Gasteiger partial charge in [0.25, 0.3) is 0 Å². The van der Waals surface area contributed by atoms with E-state index in [2.05, 4.69) is 0 Å². The van der Waals surface area contributed by atoms with Crippen molar-refractivity contribution in [1.29, 1.82) is 0 Å². The van der Waals surface area contributed by atoms with Gasteiger partial charge in [-0.3, -0.25) is 0 Å². The molecule has 0 bridgehead atoms. The number of halogens is 3. The predicted octanol–water partition coefficient (Wildman–Crippen LogP) is 3.68. The molecule has 0 aliphatic carbocycles. The second-order valence-electron chi connectivity index (χ2n) is 4.64. The third-order valence-electron chi connectivity index (χ3n) is 3.14. The average molecular weight is 281 g/mol. The van der Waals surface area contributed by atoms with E-state index in [1.54, 1.807) is 31.2 Å². The SMILES string of the molecule is Cc1cc(C(F)(F)F)ccc1C(O)c1ccc(N)cc1. The number of nitrogens with two attached hydrogens (primary N) is 1. The highest BCUT2D eigenvalue weighted by molar-refractivity contribution is 5.43. The van der Waals surface area contributed by atoms with Gasteiger partial charge in [-0.15, -0.1) is 0 Å². The molecule has 2 aromatic carbocycles. The van der Waals surface area contributed by atoms with Crippen LogP contribution < -0.4 is 5.73 Å². The van der Waals surface area contributed by atoms with E-state index in [9.17, 15) is 18.3 Å². The third kappa shape index (κ3) is 2.93. The summed E-state index contributed by atoms with van der Waals surface area (Å²) in [5.41, 5.74) is 6.82. The van der Waals surface area contributed by atoms with Crippen LogP contribution in [0.3, 0.4) is 0 Å². The van der Waals surface area contributed by atoms with E-state index in [1.165, 1.54) is 6.07 Å². The zero-order valence-corrected chi connectivity index (χ0v) is 10.8. The number of aliphatic hydroxyl groups is 1. The standard InChI is InChI=1S/C15H14F3NO/c1-9-8-11(15(16,17)18)4-7-13(9)14(20)10-2-5-12(19)6-3-10/h2-8,14,20H,19H2,1H3. The molecule has 0 saturated carbocycles. The summed E-state index contributed by atoms with van der Waals surface area (Å²) in [5.74, 6) is 0. The summed E-state index contributed by atoms with van der Waals surface area (Å²) in [6.07, 6.45) is -5.35. The molecule has 0 aromatic heterocycles. The van der Waals surface area contributed by atoms with Crippen LogP contribution in [0, 0.1) is 6.92 Å². The van der Waals surface area contributed by atoms with Crippen LogP contribution in [0.5, 0.6) is 0 Å². The second kappa shape index (κ2) is 5.17. The van der Waals surface area contributed by atoms with Crippen molar-refractivity contribution < 1.29 is 18.3 Å². The summed E-state index contributed by atoms with van der Waals surface area (Å²) in [7, 11) is 0. The summed E-state index contributed by atoms with van der Waals surface area (Å²) in [5, 5.41) is 10.2. The smallest absolute Gasteiger partial charge is 0.399 e. The van der Waals surface area contributed by atoms with E-state index >= 15 is 0 Å². The molecule has 0 aliphatic heterocycles. The highest BCUT2D eigenvalue weighted by atomic mass is 19.4. The van der Waals surface area contributed by atoms with Gasteiger partial charge in [0.15, 0.2) is 0 Å². The number of aryl methyl sites for hydroxylation is 1. The van der Waals surface area contributed by atoms with E-state index in [1.807, 2.05) is 0 Å². The van der Waals surface area contributed by atoms with E-state index < -0.39 is 17.8 Å². The molecular formula is C15H14F3NO. The number of rotatable bonds is 2. The Morgan fingerprint density at radius 2 is 1.65 bits per heavy atom. The number of hydrogen-bond donors (Lipinski definition) is 2. The number of benzene rings is 2. The lowest BCUT2D eigenvalue weighted by atomic mass is 9.95. The first-order valence-electron chi connectivity index (χ1n) is 6.00. The minimum absolute atomic E-state index is 0.393. The quantitative estimate of drug-likeness (QED) is 0.825. The Morgan fingerprint density at radius 1 is 1.05 bits per heavy atom. The third-order valence-corrected chi connectivity index (χ3v) is 3.14. The Labute approximate surface area is 114 Å². The maximum absolute atomic E-state index is 12.6. The first-order valence-corrected chi connectivity index (χ1v) is 6.00. The molecule has 0 fully saturated rings. The van der Waals surface area contributed by atoms with Crippen LogP contribution in [-0.4, -0.2) is 5.11 Å². The summed E-state index contributed by atoms with van der Waals surface area (Å²) in [6.45, 7) is 1.55. The largest absolute Gasteiger partial charge is 0.416 e. The molecule has 0 radical (unpaired) electrons. The topological polar surface area (TPSA) is 46.2 Å². The van der Waals surface area contributed by atoms with Gasteiger partial charge < -0.3 is 10.8 Å². The molecular weight excluding hydrogens is 267 g/mol. The van der Waals surface area contributed by atoms with Crippen LogP contribution >= 0.6 is 0 Å². The summed E-state index contributed by atoms with van der Waals surface area (Å²) in [4.78, 5) is 0. The molecule has 2 aromatic rings. The highest BCUT2D eigenvalue weighted by Gasteiger charge is 2.31. The molecule has 1 unspecified atom stereocenters. The van der Waals surface area contributed by atoms with Gasteiger partial charge >= 0.3 is 6.18 Å². The maximum Gasteiger partial charge on any atom is 0.416 e. The Bertz CT molecular complexity index is 606. The van der Waals surface area contributed by atoms with Gasteiger partial charge in [-0.25, -0.2) is 0 Å². The number of nitrogen functional groups attached to an aromatic ring is 1. The van der Waals surface area contributed by atoms with Crippen LogP contribution in [-0.2, 0) is 6.18 Å². The van der Waals surface area contributed by atoms with Crippen molar-refractivity contribution in [2.75, 3.05) is 5.73 Å². The molecule has 0 spiro atoms. The first-order chi connectivity index (χ1) is 9.29. The van der Waals surface area contributed by atoms with E-state index in [0.717, 1.165) is 12.1 Å². The fourth-order valence-corrected chi connectivity index (χ4v) is 2.02. The van der Waals surface area contributed by atoms with Crippen molar-refractivity contribution >= 4 is 5.69 Å². The number of alkyl halides is 3. The summed E-state index contributed by atoms with van der Waals surface area (Å²) >= 11 is 0. The molecule has 20 heavy (non-hydrogen) atoms. The monoisotopic (exact) mass is 281 g/mol. The zero-order chi connectivity index (χ0) is 14.9. The minimum Gasteiger partial charge on any atom is -0.399 e. The molecule has 3 N–H and O–H groups in total. The van der Waals surface area contributed by atoms with Crippen molar-refractivity contribution in [1.82, 2.24) is 0 Å². The minimum atomic E-state index is -4.38. The van der Waals surface area contributed by atoms with Gasteiger partial charge in [0.05, 0.1) is 5.56 Å². The Morgan fingerprint density at radius 3 is 2.15 bits per heavy atom. The van der Waals surface area contributed by atoms with Gasteiger partial charge in [-0.1, -0.05) is 18.2 Å². The second-order valence-corrected chi connectivity index (χ2v) is 4.64. The van der Waals surface area contributed by atoms with Crippen molar-refractivity contribution in [3.05, 3.63) is 64.7 Å². The Kier molecular flexibility index (Phi) is 3.72. The zero-order valence-electron chi connectivity index (χ0n) is 10.8. The summed E-state index contributed by atoms with van der Waals surface area (Å²) < 4.78 is 37.8. The number of anilines is 1.